The second kappa shape index (κ2) is 6.41. The summed E-state index contributed by atoms with van der Waals surface area (Å²) in [6.45, 7) is 1.30. The first kappa shape index (κ1) is 17.4. The first-order valence-electron chi connectivity index (χ1n) is 5.91. The van der Waals surface area contributed by atoms with E-state index in [-0.39, 0.29) is 12.7 Å². The fourth-order valence-electron chi connectivity index (χ4n) is 1.74. The topological polar surface area (TPSA) is 113 Å². The summed E-state index contributed by atoms with van der Waals surface area (Å²) in [5.74, 6) is -4.29. The average Bonchev–Trinajstić information content (AvgIpc) is 2.37. The van der Waals surface area contributed by atoms with E-state index in [9.17, 15) is 32.9 Å². The second-order valence-electron chi connectivity index (χ2n) is 4.12. The quantitative estimate of drug-likeness (QED) is 0.384. The van der Waals surface area contributed by atoms with E-state index in [0.717, 1.165) is 0 Å². The van der Waals surface area contributed by atoms with Crippen molar-refractivity contribution in [1.29, 1.82) is 0 Å². The summed E-state index contributed by atoms with van der Waals surface area (Å²) in [6, 6.07) is 1.44. The Morgan fingerprint density at radius 2 is 2.00 bits per heavy atom. The first-order chi connectivity index (χ1) is 10.1. The summed E-state index contributed by atoms with van der Waals surface area (Å²) in [5.41, 5.74) is 2.14. The van der Waals surface area contributed by atoms with E-state index in [1.54, 1.807) is 0 Å². The minimum Gasteiger partial charge on any atom is -0.465 e. The Balaban J connectivity index is 3.47. The van der Waals surface area contributed by atoms with E-state index in [2.05, 4.69) is 4.74 Å². The van der Waals surface area contributed by atoms with E-state index in [4.69, 9.17) is 5.73 Å². The number of esters is 1. The maximum Gasteiger partial charge on any atom is 0.416 e. The molecule has 1 unspecified atom stereocenters. The lowest BCUT2D eigenvalue weighted by atomic mass is 9.95. The van der Waals surface area contributed by atoms with Gasteiger partial charge in [-0.25, -0.2) is 0 Å². The van der Waals surface area contributed by atoms with Crippen LogP contribution >= 0.6 is 0 Å². The Kier molecular flexibility index (Phi) is 5.07. The standard InChI is InChI=1S/C12H11F3N2O5/c1-2-22-11(19)9(10(16)18)7-4-3-6(12(13,14)15)5-8(7)17(20)21/h3-5,9H,2H2,1H3,(H2,16,18). The third-order valence-electron chi connectivity index (χ3n) is 2.67. The van der Waals surface area contributed by atoms with Gasteiger partial charge in [0, 0.05) is 6.07 Å². The molecule has 1 atom stereocenters. The van der Waals surface area contributed by atoms with Crippen LogP contribution < -0.4 is 5.73 Å². The van der Waals surface area contributed by atoms with Crippen molar-refractivity contribution in [3.8, 4) is 0 Å². The molecule has 22 heavy (non-hydrogen) atoms. The number of nitrogens with two attached hydrogens (primary N) is 1. The van der Waals surface area contributed by atoms with Gasteiger partial charge in [-0.2, -0.15) is 13.2 Å². The van der Waals surface area contributed by atoms with Crippen LogP contribution in [0.3, 0.4) is 0 Å². The van der Waals surface area contributed by atoms with Crippen LogP contribution in [0.25, 0.3) is 0 Å². The number of primary amides is 1. The number of amides is 1. The number of alkyl halides is 3. The molecule has 2 N–H and O–H groups in total. The van der Waals surface area contributed by atoms with Gasteiger partial charge in [-0.3, -0.25) is 19.7 Å². The number of nitro groups is 1. The summed E-state index contributed by atoms with van der Waals surface area (Å²) < 4.78 is 42.4. The number of hydrogen-bond donors (Lipinski definition) is 1. The highest BCUT2D eigenvalue weighted by Gasteiger charge is 2.38. The third kappa shape index (κ3) is 3.71. The van der Waals surface area contributed by atoms with Crippen molar-refractivity contribution in [1.82, 2.24) is 0 Å². The van der Waals surface area contributed by atoms with Crippen molar-refractivity contribution in [3.63, 3.8) is 0 Å². The molecular formula is C12H11F3N2O5. The van der Waals surface area contributed by atoms with Gasteiger partial charge in [0.1, 0.15) is 0 Å². The van der Waals surface area contributed by atoms with Crippen LogP contribution in [0.1, 0.15) is 24.0 Å². The van der Waals surface area contributed by atoms with E-state index in [0.29, 0.717) is 12.1 Å². The zero-order chi connectivity index (χ0) is 17.1. The van der Waals surface area contributed by atoms with Gasteiger partial charge in [-0.15, -0.1) is 0 Å². The molecule has 0 aromatic heterocycles. The van der Waals surface area contributed by atoms with Gasteiger partial charge in [0.15, 0.2) is 5.92 Å². The van der Waals surface area contributed by atoms with Crippen molar-refractivity contribution in [3.05, 3.63) is 39.4 Å². The van der Waals surface area contributed by atoms with Crippen molar-refractivity contribution in [2.24, 2.45) is 5.73 Å². The molecule has 0 saturated heterocycles. The molecule has 0 spiro atoms. The lowest BCUT2D eigenvalue weighted by Gasteiger charge is -2.14. The highest BCUT2D eigenvalue weighted by atomic mass is 19.4. The van der Waals surface area contributed by atoms with Gasteiger partial charge >= 0.3 is 12.1 Å². The van der Waals surface area contributed by atoms with Crippen molar-refractivity contribution in [2.45, 2.75) is 19.0 Å². The molecule has 0 heterocycles. The predicted molar refractivity (Wildman–Crippen MR) is 66.7 cm³/mol. The highest BCUT2D eigenvalue weighted by molar-refractivity contribution is 6.03. The third-order valence-corrected chi connectivity index (χ3v) is 2.67. The number of ether oxygens (including phenoxy) is 1. The predicted octanol–water partition coefficient (Wildman–Crippen LogP) is 1.75. The lowest BCUT2D eigenvalue weighted by Crippen LogP contribution is -2.30. The Bertz CT molecular complexity index is 615. The zero-order valence-corrected chi connectivity index (χ0v) is 11.2. The number of carbonyl (C=O) groups is 2. The monoisotopic (exact) mass is 320 g/mol. The number of carbonyl (C=O) groups excluding carboxylic acids is 2. The highest BCUT2D eigenvalue weighted by Crippen LogP contribution is 2.35. The Labute approximate surface area is 122 Å². The van der Waals surface area contributed by atoms with Gasteiger partial charge in [0.2, 0.25) is 5.91 Å². The van der Waals surface area contributed by atoms with Crippen LogP contribution in [-0.4, -0.2) is 23.4 Å². The molecule has 0 aliphatic heterocycles. The average molecular weight is 320 g/mol. The number of nitrogens with zero attached hydrogens (tertiary/aromatic N) is 1. The normalized spacial score (nSPS) is 12.5. The summed E-state index contributed by atoms with van der Waals surface area (Å²) in [5, 5.41) is 10.9. The molecule has 0 radical (unpaired) electrons. The van der Waals surface area contributed by atoms with Crippen LogP contribution in [0.5, 0.6) is 0 Å². The van der Waals surface area contributed by atoms with Crippen LogP contribution in [0, 0.1) is 10.1 Å². The summed E-state index contributed by atoms with van der Waals surface area (Å²) in [6.07, 6.45) is -4.81. The molecule has 0 fully saturated rings. The van der Waals surface area contributed by atoms with Gasteiger partial charge in [-0.05, 0) is 13.0 Å². The van der Waals surface area contributed by atoms with Crippen LogP contribution in [0.4, 0.5) is 18.9 Å². The van der Waals surface area contributed by atoms with E-state index in [1.165, 1.54) is 6.92 Å². The van der Waals surface area contributed by atoms with E-state index >= 15 is 0 Å². The largest absolute Gasteiger partial charge is 0.465 e. The number of halogens is 3. The molecule has 120 valence electrons. The molecule has 0 bridgehead atoms. The van der Waals surface area contributed by atoms with Crippen molar-refractivity contribution < 1.29 is 32.4 Å². The first-order valence-corrected chi connectivity index (χ1v) is 5.91. The summed E-state index contributed by atoms with van der Waals surface area (Å²) >= 11 is 0. The van der Waals surface area contributed by atoms with Crippen molar-refractivity contribution in [2.75, 3.05) is 6.61 Å². The molecule has 1 aromatic rings. The minimum atomic E-state index is -4.81. The van der Waals surface area contributed by atoms with Crippen molar-refractivity contribution >= 4 is 17.6 Å². The zero-order valence-electron chi connectivity index (χ0n) is 11.2. The molecular weight excluding hydrogens is 309 g/mol. The number of nitro benzene ring substituents is 1. The Morgan fingerprint density at radius 3 is 2.41 bits per heavy atom. The number of hydrogen-bond acceptors (Lipinski definition) is 5. The summed E-state index contributed by atoms with van der Waals surface area (Å²) in [7, 11) is 0. The lowest BCUT2D eigenvalue weighted by molar-refractivity contribution is -0.385. The minimum absolute atomic E-state index is 0.128. The fraction of sp³-hybridized carbons (Fsp3) is 0.333. The smallest absolute Gasteiger partial charge is 0.416 e. The molecule has 7 nitrogen and oxygen atoms in total. The molecule has 1 aromatic carbocycles. The Hall–Kier alpha value is -2.65. The molecule has 10 heteroatoms. The molecule has 1 amide bonds. The number of benzene rings is 1. The van der Waals surface area contributed by atoms with Gasteiger partial charge in [0.05, 0.1) is 22.7 Å². The van der Waals surface area contributed by atoms with E-state index < -0.39 is 45.7 Å². The molecule has 0 aliphatic rings. The molecule has 0 aliphatic carbocycles. The number of rotatable bonds is 5. The van der Waals surface area contributed by atoms with Crippen LogP contribution in [-0.2, 0) is 20.5 Å². The van der Waals surface area contributed by atoms with E-state index in [1.807, 2.05) is 0 Å². The summed E-state index contributed by atoms with van der Waals surface area (Å²) in [4.78, 5) is 32.8. The maximum absolute atomic E-state index is 12.6. The fourth-order valence-corrected chi connectivity index (χ4v) is 1.74. The SMILES string of the molecule is CCOC(=O)C(C(N)=O)c1ccc(C(F)(F)F)cc1[N+](=O)[O-]. The van der Waals surface area contributed by atoms with Crippen LogP contribution in [0.15, 0.2) is 18.2 Å². The van der Waals surface area contributed by atoms with Gasteiger partial charge in [-0.1, -0.05) is 6.07 Å². The maximum atomic E-state index is 12.6. The Morgan fingerprint density at radius 1 is 1.41 bits per heavy atom. The van der Waals surface area contributed by atoms with Gasteiger partial charge < -0.3 is 10.5 Å². The second-order valence-corrected chi connectivity index (χ2v) is 4.12. The molecule has 1 rings (SSSR count). The molecule has 0 saturated carbocycles. The van der Waals surface area contributed by atoms with Gasteiger partial charge in [0.25, 0.3) is 5.69 Å². The van der Waals surface area contributed by atoms with Crippen LogP contribution in [0.2, 0.25) is 0 Å².